The minimum absolute atomic E-state index is 0. The maximum Gasteiger partial charge on any atom is 0.280 e. The van der Waals surface area contributed by atoms with E-state index in [9.17, 15) is 4.79 Å². The number of carbonyl (C=O) groups excluding carboxylic acids is 1. The Balaban J connectivity index is 0.00000240. The van der Waals surface area contributed by atoms with Crippen LogP contribution in [0.25, 0.3) is 10.2 Å². The van der Waals surface area contributed by atoms with Crippen molar-refractivity contribution in [3.8, 4) is 0 Å². The van der Waals surface area contributed by atoms with Crippen molar-refractivity contribution in [1.82, 2.24) is 19.9 Å². The number of hydrogen-bond acceptors (Lipinski definition) is 8. The molecule has 4 rings (SSSR count). The van der Waals surface area contributed by atoms with Crippen LogP contribution < -0.4 is 4.90 Å². The average Bonchev–Trinajstić information content (AvgIpc) is 3.18. The van der Waals surface area contributed by atoms with Crippen LogP contribution in [0.4, 0.5) is 5.13 Å². The highest BCUT2D eigenvalue weighted by atomic mass is 35.5. The molecule has 1 amide bonds. The van der Waals surface area contributed by atoms with Crippen LogP contribution in [-0.4, -0.2) is 71.4 Å². The monoisotopic (exact) mass is 451 g/mol. The molecule has 0 radical (unpaired) electrons. The first-order chi connectivity index (χ1) is 13.7. The van der Waals surface area contributed by atoms with Gasteiger partial charge in [0.25, 0.3) is 5.91 Å². The van der Waals surface area contributed by atoms with Gasteiger partial charge in [-0.2, -0.15) is 0 Å². The Labute approximate surface area is 183 Å². The highest BCUT2D eigenvalue weighted by Gasteiger charge is 2.24. The van der Waals surface area contributed by atoms with E-state index in [1.807, 2.05) is 6.07 Å². The Morgan fingerprint density at radius 3 is 2.86 bits per heavy atom. The first kappa shape index (κ1) is 21.9. The summed E-state index contributed by atoms with van der Waals surface area (Å²) < 4.78 is 6.49. The fourth-order valence-corrected chi connectivity index (χ4v) is 4.58. The second-order valence-electron chi connectivity index (χ2n) is 6.33. The molecule has 10 heteroatoms. The minimum Gasteiger partial charge on any atom is -0.379 e. The number of fused-ring (bicyclic) bond motifs is 1. The number of ether oxygens (including phenoxy) is 1. The third-order valence-electron chi connectivity index (χ3n) is 4.59. The lowest BCUT2D eigenvalue weighted by molar-refractivity contribution is 0.0391. The molecule has 154 valence electrons. The summed E-state index contributed by atoms with van der Waals surface area (Å²) in [6.45, 7) is 4.54. The highest BCUT2D eigenvalue weighted by Crippen LogP contribution is 2.32. The predicted octanol–water partition coefficient (Wildman–Crippen LogP) is 3.21. The number of benzene rings is 1. The molecule has 0 aliphatic carbocycles. The van der Waals surface area contributed by atoms with E-state index >= 15 is 0 Å². The zero-order valence-corrected chi connectivity index (χ0v) is 18.4. The quantitative estimate of drug-likeness (QED) is 0.533. The van der Waals surface area contributed by atoms with Gasteiger partial charge in [-0.15, -0.1) is 24.2 Å². The largest absolute Gasteiger partial charge is 0.379 e. The summed E-state index contributed by atoms with van der Waals surface area (Å²) in [6, 6.07) is 6.18. The number of amides is 1. The molecule has 1 fully saturated rings. The fraction of sp³-hybridized carbons (Fsp3) is 0.368. The number of anilines is 1. The third-order valence-corrected chi connectivity index (χ3v) is 6.35. The smallest absolute Gasteiger partial charge is 0.280 e. The molecule has 0 bridgehead atoms. The zero-order chi connectivity index (χ0) is 19.3. The molecule has 0 unspecified atom stereocenters. The van der Waals surface area contributed by atoms with Gasteiger partial charge in [0.05, 0.1) is 29.6 Å². The molecule has 1 aliphatic heterocycles. The van der Waals surface area contributed by atoms with Gasteiger partial charge in [0.2, 0.25) is 0 Å². The van der Waals surface area contributed by atoms with Gasteiger partial charge < -0.3 is 4.74 Å². The van der Waals surface area contributed by atoms with Crippen LogP contribution >= 0.6 is 35.5 Å². The Bertz CT molecular complexity index is 950. The normalized spacial score (nSPS) is 14.5. The number of thioether (sulfide) groups is 1. The Hall–Kier alpha value is -1.78. The number of nitrogens with zero attached hydrogens (tertiary/aromatic N) is 5. The molecule has 29 heavy (non-hydrogen) atoms. The predicted molar refractivity (Wildman–Crippen MR) is 120 cm³/mol. The summed E-state index contributed by atoms with van der Waals surface area (Å²) in [5, 5.41) is 0.692. The number of thiazole rings is 1. The molecule has 0 saturated carbocycles. The summed E-state index contributed by atoms with van der Waals surface area (Å²) in [4.78, 5) is 31.3. The number of carbonyl (C=O) groups is 1. The van der Waals surface area contributed by atoms with Crippen LogP contribution in [0.3, 0.4) is 0 Å². The number of halogens is 1. The molecule has 3 aromatic rings. The van der Waals surface area contributed by atoms with E-state index in [2.05, 4.69) is 33.3 Å². The van der Waals surface area contributed by atoms with Crippen LogP contribution in [-0.2, 0) is 4.74 Å². The van der Waals surface area contributed by atoms with Crippen molar-refractivity contribution in [2.45, 2.75) is 4.90 Å². The van der Waals surface area contributed by atoms with Crippen molar-refractivity contribution in [2.75, 3.05) is 50.5 Å². The van der Waals surface area contributed by atoms with Crippen LogP contribution in [0.1, 0.15) is 10.5 Å². The van der Waals surface area contributed by atoms with E-state index in [1.54, 1.807) is 22.9 Å². The number of aromatic nitrogens is 3. The maximum absolute atomic E-state index is 13.2. The van der Waals surface area contributed by atoms with E-state index in [1.165, 1.54) is 28.6 Å². The van der Waals surface area contributed by atoms with E-state index in [4.69, 9.17) is 9.72 Å². The molecule has 1 aliphatic rings. The third kappa shape index (κ3) is 5.23. The minimum atomic E-state index is -0.175. The van der Waals surface area contributed by atoms with Crippen molar-refractivity contribution in [3.05, 3.63) is 42.5 Å². The molecule has 1 aromatic carbocycles. The lowest BCUT2D eigenvalue weighted by atomic mass is 10.3. The van der Waals surface area contributed by atoms with Gasteiger partial charge in [-0.1, -0.05) is 11.3 Å². The van der Waals surface area contributed by atoms with E-state index in [-0.39, 0.29) is 18.3 Å². The van der Waals surface area contributed by atoms with Gasteiger partial charge in [0.1, 0.15) is 5.69 Å². The Kier molecular flexibility index (Phi) is 7.79. The van der Waals surface area contributed by atoms with Crippen LogP contribution in [0, 0.1) is 0 Å². The second kappa shape index (κ2) is 10.3. The van der Waals surface area contributed by atoms with Crippen molar-refractivity contribution in [3.63, 3.8) is 0 Å². The summed E-state index contributed by atoms with van der Waals surface area (Å²) in [7, 11) is 0. The van der Waals surface area contributed by atoms with Gasteiger partial charge >= 0.3 is 0 Å². The summed E-state index contributed by atoms with van der Waals surface area (Å²) in [5.74, 6) is -0.175. The van der Waals surface area contributed by atoms with Crippen molar-refractivity contribution >= 4 is 56.8 Å². The molecule has 1 saturated heterocycles. The summed E-state index contributed by atoms with van der Waals surface area (Å²) >= 11 is 3.23. The van der Waals surface area contributed by atoms with Crippen LogP contribution in [0.5, 0.6) is 0 Å². The molecule has 3 heterocycles. The van der Waals surface area contributed by atoms with Gasteiger partial charge in [-0.25, -0.2) is 9.97 Å². The van der Waals surface area contributed by atoms with Crippen molar-refractivity contribution in [2.24, 2.45) is 0 Å². The topological polar surface area (TPSA) is 71.5 Å². The first-order valence-corrected chi connectivity index (χ1v) is 11.1. The molecule has 0 atom stereocenters. The molecular formula is C19H22ClN5O2S2. The number of rotatable bonds is 6. The standard InChI is InChI=1S/C19H21N5O2S2.ClH/c1-27-14-2-3-15-17(12-14)28-19(22-15)24(7-6-23-8-10-26-11-9-23)18(25)16-13-20-4-5-21-16;/h2-5,12-13H,6-11H2,1H3;1H. The van der Waals surface area contributed by atoms with E-state index < -0.39 is 0 Å². The molecule has 0 spiro atoms. The van der Waals surface area contributed by atoms with E-state index in [0.717, 1.165) is 43.1 Å². The van der Waals surface area contributed by atoms with Crippen molar-refractivity contribution < 1.29 is 9.53 Å². The second-order valence-corrected chi connectivity index (χ2v) is 8.22. The van der Waals surface area contributed by atoms with Gasteiger partial charge in [0, 0.05) is 43.5 Å². The SMILES string of the molecule is CSc1ccc2nc(N(CCN3CCOCC3)C(=O)c3cnccn3)sc2c1.Cl. The fourth-order valence-electron chi connectivity index (χ4n) is 3.03. The van der Waals surface area contributed by atoms with Gasteiger partial charge in [0.15, 0.2) is 5.13 Å². The first-order valence-electron chi connectivity index (χ1n) is 9.07. The molecule has 2 aromatic heterocycles. The van der Waals surface area contributed by atoms with Crippen LogP contribution in [0.15, 0.2) is 41.7 Å². The lowest BCUT2D eigenvalue weighted by Crippen LogP contribution is -2.43. The van der Waals surface area contributed by atoms with Crippen molar-refractivity contribution in [1.29, 1.82) is 0 Å². The number of hydrogen-bond donors (Lipinski definition) is 0. The number of morpholine rings is 1. The highest BCUT2D eigenvalue weighted by molar-refractivity contribution is 7.98. The summed E-state index contributed by atoms with van der Waals surface area (Å²) in [5.41, 5.74) is 1.23. The lowest BCUT2D eigenvalue weighted by Gasteiger charge is -2.29. The Morgan fingerprint density at radius 1 is 1.31 bits per heavy atom. The van der Waals surface area contributed by atoms with E-state index in [0.29, 0.717) is 17.4 Å². The van der Waals surface area contributed by atoms with Gasteiger partial charge in [-0.05, 0) is 24.5 Å². The maximum atomic E-state index is 13.2. The summed E-state index contributed by atoms with van der Waals surface area (Å²) in [6.07, 6.45) is 6.66. The molecule has 7 nitrogen and oxygen atoms in total. The Morgan fingerprint density at radius 2 is 2.14 bits per heavy atom. The van der Waals surface area contributed by atoms with Crippen LogP contribution in [0.2, 0.25) is 0 Å². The molecular weight excluding hydrogens is 430 g/mol. The molecule has 0 N–H and O–H groups in total. The average molecular weight is 452 g/mol. The zero-order valence-electron chi connectivity index (χ0n) is 16.0. The van der Waals surface area contributed by atoms with Gasteiger partial charge in [-0.3, -0.25) is 19.6 Å².